The summed E-state index contributed by atoms with van der Waals surface area (Å²) < 4.78 is 0. The fourth-order valence-corrected chi connectivity index (χ4v) is 5.12. The maximum absolute atomic E-state index is 6.22. The third-order valence-corrected chi connectivity index (χ3v) is 6.30. The van der Waals surface area contributed by atoms with E-state index in [0.717, 1.165) is 17.3 Å². The summed E-state index contributed by atoms with van der Waals surface area (Å²) in [6, 6.07) is 8.12. The molecule has 4 heteroatoms. The lowest BCUT2D eigenvalue weighted by Crippen LogP contribution is -2.64. The molecule has 2 nitrogen and oxygen atoms in total. The van der Waals surface area contributed by atoms with Gasteiger partial charge < -0.3 is 5.73 Å². The number of hydrogen-bond acceptors (Lipinski definition) is 3. The SMILES string of the molecule is CN(Cc1ccc(Cl)cc1)C1(CN)CSCCC1(C)C. The normalized spacial score (nSPS) is 25.9. The zero-order valence-electron chi connectivity index (χ0n) is 12.7. The van der Waals surface area contributed by atoms with Crippen molar-refractivity contribution in [3.8, 4) is 0 Å². The molecule has 20 heavy (non-hydrogen) atoms. The summed E-state index contributed by atoms with van der Waals surface area (Å²) in [4.78, 5) is 2.45. The number of likely N-dealkylation sites (N-methyl/N-ethyl adjacent to an activating group) is 1. The lowest BCUT2D eigenvalue weighted by atomic mass is 9.69. The highest BCUT2D eigenvalue weighted by atomic mass is 35.5. The van der Waals surface area contributed by atoms with Crippen LogP contribution in [0.1, 0.15) is 25.8 Å². The minimum atomic E-state index is 0.0650. The largest absolute Gasteiger partial charge is 0.329 e. The monoisotopic (exact) mass is 312 g/mol. The highest BCUT2D eigenvalue weighted by Gasteiger charge is 2.48. The maximum Gasteiger partial charge on any atom is 0.0473 e. The van der Waals surface area contributed by atoms with Gasteiger partial charge in [0, 0.05) is 29.4 Å². The lowest BCUT2D eigenvalue weighted by Gasteiger charge is -2.54. The van der Waals surface area contributed by atoms with E-state index in [2.05, 4.69) is 37.9 Å². The predicted molar refractivity (Wildman–Crippen MR) is 90.4 cm³/mol. The van der Waals surface area contributed by atoms with Crippen LogP contribution in [0, 0.1) is 5.41 Å². The van der Waals surface area contributed by atoms with Gasteiger partial charge in [-0.25, -0.2) is 0 Å². The first-order chi connectivity index (χ1) is 9.41. The van der Waals surface area contributed by atoms with Gasteiger partial charge in [-0.1, -0.05) is 37.6 Å². The van der Waals surface area contributed by atoms with Gasteiger partial charge in [-0.05, 0) is 42.3 Å². The number of halogens is 1. The molecule has 1 saturated heterocycles. The van der Waals surface area contributed by atoms with Crippen LogP contribution in [0.15, 0.2) is 24.3 Å². The second-order valence-corrected chi connectivity index (χ2v) is 7.95. The van der Waals surface area contributed by atoms with Gasteiger partial charge >= 0.3 is 0 Å². The molecular weight excluding hydrogens is 288 g/mol. The van der Waals surface area contributed by atoms with Gasteiger partial charge in [0.2, 0.25) is 0 Å². The second kappa shape index (κ2) is 6.27. The van der Waals surface area contributed by atoms with Crippen LogP contribution >= 0.6 is 23.4 Å². The van der Waals surface area contributed by atoms with E-state index in [1.165, 1.54) is 17.7 Å². The van der Waals surface area contributed by atoms with Crippen molar-refractivity contribution >= 4 is 23.4 Å². The average molecular weight is 313 g/mol. The summed E-state index contributed by atoms with van der Waals surface area (Å²) in [5.74, 6) is 2.35. The summed E-state index contributed by atoms with van der Waals surface area (Å²) in [6.07, 6.45) is 1.22. The van der Waals surface area contributed by atoms with E-state index in [1.54, 1.807) is 0 Å². The number of thioether (sulfide) groups is 1. The van der Waals surface area contributed by atoms with Crippen molar-refractivity contribution in [1.29, 1.82) is 0 Å². The Morgan fingerprint density at radius 2 is 1.95 bits per heavy atom. The van der Waals surface area contributed by atoms with E-state index in [4.69, 9.17) is 17.3 Å². The third kappa shape index (κ3) is 3.01. The van der Waals surface area contributed by atoms with Gasteiger partial charge in [-0.3, -0.25) is 4.90 Å². The van der Waals surface area contributed by atoms with Gasteiger partial charge in [0.1, 0.15) is 0 Å². The molecule has 0 saturated carbocycles. The molecule has 1 aliphatic rings. The van der Waals surface area contributed by atoms with Crippen molar-refractivity contribution in [2.24, 2.45) is 11.1 Å². The highest BCUT2D eigenvalue weighted by molar-refractivity contribution is 7.99. The molecule has 1 atom stereocenters. The molecule has 1 aromatic carbocycles. The van der Waals surface area contributed by atoms with Crippen molar-refractivity contribution in [2.75, 3.05) is 25.1 Å². The molecule has 1 unspecified atom stereocenters. The molecule has 0 bridgehead atoms. The Balaban J connectivity index is 2.20. The van der Waals surface area contributed by atoms with Crippen molar-refractivity contribution < 1.29 is 0 Å². The highest BCUT2D eigenvalue weighted by Crippen LogP contribution is 2.45. The zero-order chi connectivity index (χ0) is 14.8. The Kier molecular flexibility index (Phi) is 5.06. The third-order valence-electron chi connectivity index (χ3n) is 4.87. The van der Waals surface area contributed by atoms with Crippen molar-refractivity contribution in [2.45, 2.75) is 32.4 Å². The van der Waals surface area contributed by atoms with E-state index in [-0.39, 0.29) is 11.0 Å². The molecule has 2 rings (SSSR count). The Morgan fingerprint density at radius 1 is 1.30 bits per heavy atom. The maximum atomic E-state index is 6.22. The van der Waals surface area contributed by atoms with Crippen molar-refractivity contribution in [3.63, 3.8) is 0 Å². The second-order valence-electron chi connectivity index (χ2n) is 6.40. The number of benzene rings is 1. The molecule has 1 heterocycles. The quantitative estimate of drug-likeness (QED) is 0.920. The molecule has 2 N–H and O–H groups in total. The Labute approximate surface area is 132 Å². The molecule has 0 spiro atoms. The predicted octanol–water partition coefficient (Wildman–Crippen LogP) is 3.63. The van der Waals surface area contributed by atoms with Crippen LogP contribution in [-0.2, 0) is 6.54 Å². The lowest BCUT2D eigenvalue weighted by molar-refractivity contribution is 0.0148. The molecule has 1 fully saturated rings. The first-order valence-electron chi connectivity index (χ1n) is 7.15. The van der Waals surface area contributed by atoms with Gasteiger partial charge in [-0.15, -0.1) is 0 Å². The number of nitrogens with two attached hydrogens (primary N) is 1. The Bertz CT molecular complexity index is 446. The molecular formula is C16H25ClN2S. The Morgan fingerprint density at radius 3 is 2.50 bits per heavy atom. The van der Waals surface area contributed by atoms with E-state index in [9.17, 15) is 0 Å². The van der Waals surface area contributed by atoms with Crippen molar-refractivity contribution in [1.82, 2.24) is 4.90 Å². The summed E-state index contributed by atoms with van der Waals surface area (Å²) in [6.45, 7) is 6.34. The molecule has 112 valence electrons. The standard InChI is InChI=1S/C16H25ClN2S/c1-15(2)8-9-20-12-16(15,11-18)19(3)10-13-4-6-14(17)7-5-13/h4-7H,8-12,18H2,1-3H3. The molecule has 0 amide bonds. The van der Waals surface area contributed by atoms with E-state index >= 15 is 0 Å². The van der Waals surface area contributed by atoms with E-state index in [1.807, 2.05) is 23.9 Å². The van der Waals surface area contributed by atoms with Crippen LogP contribution in [0.5, 0.6) is 0 Å². The average Bonchev–Trinajstić information content (AvgIpc) is 2.41. The first kappa shape index (κ1) is 16.2. The van der Waals surface area contributed by atoms with Crippen molar-refractivity contribution in [3.05, 3.63) is 34.9 Å². The van der Waals surface area contributed by atoms with E-state index < -0.39 is 0 Å². The van der Waals surface area contributed by atoms with Gasteiger partial charge in [0.15, 0.2) is 0 Å². The van der Waals surface area contributed by atoms with Crippen LogP contribution in [0.4, 0.5) is 0 Å². The molecule has 0 radical (unpaired) electrons. The number of hydrogen-bond donors (Lipinski definition) is 1. The molecule has 1 aliphatic heterocycles. The van der Waals surface area contributed by atoms with Gasteiger partial charge in [0.05, 0.1) is 0 Å². The van der Waals surface area contributed by atoms with Gasteiger partial charge in [-0.2, -0.15) is 11.8 Å². The summed E-state index contributed by atoms with van der Waals surface area (Å²) in [5.41, 5.74) is 7.81. The topological polar surface area (TPSA) is 29.3 Å². The molecule has 0 aliphatic carbocycles. The summed E-state index contributed by atoms with van der Waals surface area (Å²) in [7, 11) is 2.20. The zero-order valence-corrected chi connectivity index (χ0v) is 14.2. The summed E-state index contributed by atoms with van der Waals surface area (Å²) >= 11 is 7.99. The fourth-order valence-electron chi connectivity index (χ4n) is 3.13. The van der Waals surface area contributed by atoms with Crippen LogP contribution in [0.25, 0.3) is 0 Å². The van der Waals surface area contributed by atoms with Crippen LogP contribution in [0.3, 0.4) is 0 Å². The molecule has 0 aromatic heterocycles. The van der Waals surface area contributed by atoms with Crippen LogP contribution in [-0.4, -0.2) is 35.5 Å². The van der Waals surface area contributed by atoms with Crippen LogP contribution < -0.4 is 5.73 Å². The summed E-state index contributed by atoms with van der Waals surface area (Å²) in [5, 5.41) is 0.790. The van der Waals surface area contributed by atoms with Gasteiger partial charge in [0.25, 0.3) is 0 Å². The minimum Gasteiger partial charge on any atom is -0.329 e. The molecule has 1 aromatic rings. The van der Waals surface area contributed by atoms with Crippen LogP contribution in [0.2, 0.25) is 5.02 Å². The Hall–Kier alpha value is -0.220. The number of nitrogens with zero attached hydrogens (tertiary/aromatic N) is 1. The number of rotatable bonds is 4. The van der Waals surface area contributed by atoms with E-state index in [0.29, 0.717) is 6.54 Å². The fraction of sp³-hybridized carbons (Fsp3) is 0.625. The first-order valence-corrected chi connectivity index (χ1v) is 8.68. The minimum absolute atomic E-state index is 0.0650. The smallest absolute Gasteiger partial charge is 0.0473 e.